The zero-order valence-electron chi connectivity index (χ0n) is 14.5. The zero-order chi connectivity index (χ0) is 20.1. The number of anilines is 1. The van der Waals surface area contributed by atoms with Gasteiger partial charge < -0.3 is 9.88 Å². The van der Waals surface area contributed by atoms with Gasteiger partial charge in [-0.2, -0.15) is 0 Å². The first-order valence-corrected chi connectivity index (χ1v) is 10.8. The number of amides is 1. The molecule has 1 amide bonds. The lowest BCUT2D eigenvalue weighted by atomic mass is 10.2. The molecule has 10 heteroatoms. The van der Waals surface area contributed by atoms with E-state index in [0.29, 0.717) is 15.2 Å². The summed E-state index contributed by atoms with van der Waals surface area (Å²) in [5.41, 5.74) is 1.26. The number of halogens is 2. The Kier molecular flexibility index (Phi) is 6.50. The molecule has 0 aliphatic rings. The molecule has 0 aliphatic heterocycles. The van der Waals surface area contributed by atoms with Crippen molar-refractivity contribution >= 4 is 49.1 Å². The van der Waals surface area contributed by atoms with Gasteiger partial charge in [-0.05, 0) is 36.4 Å². The number of carbonyl (C=O) groups excluding carboxylic acids is 1. The maximum absolute atomic E-state index is 12.2. The van der Waals surface area contributed by atoms with Crippen molar-refractivity contribution in [1.29, 1.82) is 0 Å². The predicted octanol–water partition coefficient (Wildman–Crippen LogP) is 3.60. The van der Waals surface area contributed by atoms with E-state index in [4.69, 9.17) is 11.6 Å². The number of carbonyl (C=O) groups is 1. The first-order chi connectivity index (χ1) is 13.3. The molecular weight excluding hydrogens is 468 g/mol. The zero-order valence-corrected chi connectivity index (χ0v) is 17.6. The Morgan fingerprint density at radius 3 is 2.71 bits per heavy atom. The standard InChI is InChI=1S/C18H16BrClN4O3S/c19-13-2-1-3-15(10-13)28(26,27)22-7-6-18(25)23-14-4-5-17(16(20)11-14)24-9-8-21-12-24/h1-5,8-12,22H,6-7H2,(H,23,25). The van der Waals surface area contributed by atoms with Gasteiger partial charge in [-0.3, -0.25) is 4.79 Å². The number of rotatable bonds is 7. The molecular formula is C18H16BrClN4O3S. The molecule has 0 aliphatic carbocycles. The summed E-state index contributed by atoms with van der Waals surface area (Å²) in [6, 6.07) is 11.4. The Morgan fingerprint density at radius 1 is 1.21 bits per heavy atom. The van der Waals surface area contributed by atoms with Gasteiger partial charge >= 0.3 is 0 Å². The average molecular weight is 484 g/mol. The van der Waals surface area contributed by atoms with Gasteiger partial charge in [-0.25, -0.2) is 18.1 Å². The Balaban J connectivity index is 1.55. The van der Waals surface area contributed by atoms with Crippen LogP contribution in [0.1, 0.15) is 6.42 Å². The Hall–Kier alpha value is -2.20. The Morgan fingerprint density at radius 2 is 2.04 bits per heavy atom. The van der Waals surface area contributed by atoms with Crippen molar-refractivity contribution in [2.75, 3.05) is 11.9 Å². The minimum Gasteiger partial charge on any atom is -0.326 e. The summed E-state index contributed by atoms with van der Waals surface area (Å²) in [6.45, 7) is -0.0263. The lowest BCUT2D eigenvalue weighted by Crippen LogP contribution is -2.27. The SMILES string of the molecule is O=C(CCNS(=O)(=O)c1cccc(Br)c1)Nc1ccc(-n2ccnc2)c(Cl)c1. The van der Waals surface area contributed by atoms with Crippen LogP contribution in [0.4, 0.5) is 5.69 Å². The maximum Gasteiger partial charge on any atom is 0.240 e. The minimum absolute atomic E-state index is 0.0197. The van der Waals surface area contributed by atoms with Crippen molar-refractivity contribution in [3.8, 4) is 5.69 Å². The van der Waals surface area contributed by atoms with Gasteiger partial charge in [0.1, 0.15) is 0 Å². The van der Waals surface area contributed by atoms with Crippen LogP contribution in [0.15, 0.2) is 70.6 Å². The molecule has 146 valence electrons. The number of nitrogens with zero attached hydrogens (tertiary/aromatic N) is 2. The highest BCUT2D eigenvalue weighted by molar-refractivity contribution is 9.10. The summed E-state index contributed by atoms with van der Waals surface area (Å²) < 4.78 is 29.3. The van der Waals surface area contributed by atoms with Crippen LogP contribution >= 0.6 is 27.5 Å². The largest absolute Gasteiger partial charge is 0.326 e. The molecule has 7 nitrogen and oxygen atoms in total. The quantitative estimate of drug-likeness (QED) is 0.537. The van der Waals surface area contributed by atoms with E-state index in [1.807, 2.05) is 0 Å². The second-order valence-electron chi connectivity index (χ2n) is 5.79. The molecule has 2 N–H and O–H groups in total. The molecule has 2 aromatic carbocycles. The molecule has 3 rings (SSSR count). The van der Waals surface area contributed by atoms with Crippen LogP contribution in [0.2, 0.25) is 5.02 Å². The Bertz CT molecular complexity index is 1090. The van der Waals surface area contributed by atoms with E-state index in [9.17, 15) is 13.2 Å². The molecule has 1 aromatic heterocycles. The van der Waals surface area contributed by atoms with Crippen molar-refractivity contribution in [3.05, 3.63) is 70.7 Å². The second kappa shape index (κ2) is 8.87. The first kappa shape index (κ1) is 20.5. The number of benzene rings is 2. The molecule has 0 saturated heterocycles. The van der Waals surface area contributed by atoms with Gasteiger partial charge in [0.25, 0.3) is 0 Å². The van der Waals surface area contributed by atoms with Crippen molar-refractivity contribution in [1.82, 2.24) is 14.3 Å². The molecule has 0 bridgehead atoms. The first-order valence-electron chi connectivity index (χ1n) is 8.18. The Labute approximate surface area is 175 Å². The van der Waals surface area contributed by atoms with Crippen LogP contribution in [0.5, 0.6) is 0 Å². The van der Waals surface area contributed by atoms with Crippen LogP contribution in [0.25, 0.3) is 5.69 Å². The fourth-order valence-electron chi connectivity index (χ4n) is 2.44. The number of aromatic nitrogens is 2. The van der Waals surface area contributed by atoms with Crippen LogP contribution < -0.4 is 10.0 Å². The summed E-state index contributed by atoms with van der Waals surface area (Å²) >= 11 is 9.49. The van der Waals surface area contributed by atoms with Crippen molar-refractivity contribution in [3.63, 3.8) is 0 Å². The van der Waals surface area contributed by atoms with E-state index in [-0.39, 0.29) is 23.8 Å². The normalized spacial score (nSPS) is 11.4. The van der Waals surface area contributed by atoms with Gasteiger partial charge in [0.15, 0.2) is 0 Å². The molecule has 28 heavy (non-hydrogen) atoms. The van der Waals surface area contributed by atoms with Crippen molar-refractivity contribution in [2.45, 2.75) is 11.3 Å². The highest BCUT2D eigenvalue weighted by atomic mass is 79.9. The van der Waals surface area contributed by atoms with Gasteiger partial charge in [0, 0.05) is 35.5 Å². The number of imidazole rings is 1. The summed E-state index contributed by atoms with van der Waals surface area (Å²) in [4.78, 5) is 16.2. The third-order valence-corrected chi connectivity index (χ3v) is 6.02. The van der Waals surface area contributed by atoms with Gasteiger partial charge in [-0.1, -0.05) is 33.6 Å². The molecule has 0 fully saturated rings. The van der Waals surface area contributed by atoms with Crippen LogP contribution in [0, 0.1) is 0 Å². The fourth-order valence-corrected chi connectivity index (χ4v) is 4.34. The summed E-state index contributed by atoms with van der Waals surface area (Å²) in [5.74, 6) is -0.330. The minimum atomic E-state index is -3.68. The third kappa shape index (κ3) is 5.20. The highest BCUT2D eigenvalue weighted by Crippen LogP contribution is 2.24. The van der Waals surface area contributed by atoms with Gasteiger partial charge in [-0.15, -0.1) is 0 Å². The summed E-state index contributed by atoms with van der Waals surface area (Å²) in [7, 11) is -3.68. The van der Waals surface area contributed by atoms with Crippen molar-refractivity contribution in [2.24, 2.45) is 0 Å². The van der Waals surface area contributed by atoms with Crippen LogP contribution in [0.3, 0.4) is 0 Å². The molecule has 1 heterocycles. The fraction of sp³-hybridized carbons (Fsp3) is 0.111. The van der Waals surface area contributed by atoms with Gasteiger partial charge in [0.05, 0.1) is 21.9 Å². The molecule has 0 spiro atoms. The lowest BCUT2D eigenvalue weighted by Gasteiger charge is -2.10. The van der Waals surface area contributed by atoms with E-state index >= 15 is 0 Å². The molecule has 0 saturated carbocycles. The van der Waals surface area contributed by atoms with E-state index in [2.05, 4.69) is 31.0 Å². The lowest BCUT2D eigenvalue weighted by molar-refractivity contribution is -0.116. The molecule has 0 radical (unpaired) electrons. The maximum atomic E-state index is 12.2. The average Bonchev–Trinajstić information content (AvgIpc) is 3.16. The number of nitrogens with one attached hydrogen (secondary N) is 2. The topological polar surface area (TPSA) is 93.1 Å². The number of hydrogen-bond donors (Lipinski definition) is 2. The molecule has 0 unspecified atom stereocenters. The van der Waals surface area contributed by atoms with E-state index in [0.717, 1.165) is 5.69 Å². The van der Waals surface area contributed by atoms with E-state index < -0.39 is 10.0 Å². The molecule has 0 atom stereocenters. The van der Waals surface area contributed by atoms with Crippen LogP contribution in [-0.2, 0) is 14.8 Å². The van der Waals surface area contributed by atoms with Crippen molar-refractivity contribution < 1.29 is 13.2 Å². The van der Waals surface area contributed by atoms with Crippen LogP contribution in [-0.4, -0.2) is 30.4 Å². The monoisotopic (exact) mass is 482 g/mol. The number of hydrogen-bond acceptors (Lipinski definition) is 4. The second-order valence-corrected chi connectivity index (χ2v) is 8.88. The van der Waals surface area contributed by atoms with E-state index in [1.54, 1.807) is 53.6 Å². The predicted molar refractivity (Wildman–Crippen MR) is 111 cm³/mol. The molecule has 3 aromatic rings. The summed E-state index contributed by atoms with van der Waals surface area (Å²) in [6.07, 6.45) is 5.00. The van der Waals surface area contributed by atoms with Gasteiger partial charge in [0.2, 0.25) is 15.9 Å². The number of sulfonamides is 1. The smallest absolute Gasteiger partial charge is 0.240 e. The van der Waals surface area contributed by atoms with E-state index in [1.165, 1.54) is 12.1 Å². The summed E-state index contributed by atoms with van der Waals surface area (Å²) in [5, 5.41) is 3.15. The third-order valence-electron chi connectivity index (χ3n) is 3.76. The highest BCUT2D eigenvalue weighted by Gasteiger charge is 2.14.